The Morgan fingerprint density at radius 1 is 1.10 bits per heavy atom. The molecule has 0 aromatic heterocycles. The minimum absolute atomic E-state index is 0.0317. The molecule has 0 bridgehead atoms. The van der Waals surface area contributed by atoms with E-state index in [1.807, 2.05) is 19.1 Å². The highest BCUT2D eigenvalue weighted by atomic mass is 32.2. The van der Waals surface area contributed by atoms with E-state index in [0.717, 1.165) is 24.3 Å². The van der Waals surface area contributed by atoms with Crippen LogP contribution in [0.3, 0.4) is 0 Å². The number of aliphatic hydroxyl groups excluding tert-OH is 1. The van der Waals surface area contributed by atoms with Crippen LogP contribution in [0.2, 0.25) is 0 Å². The maximum Gasteiger partial charge on any atom is 0.244 e. The number of rotatable bonds is 7. The standard InChI is InChI=1S/C20H25N3O5S/c1-15-2-8-18(9-3-15)29(26,27)22-19(14-24)20(25)21-16-4-6-17(7-5-16)23-10-12-28-13-11-23/h2-9,19,22,24H,10-14H2,1H3,(H,21,25)/t19-/m0/s1. The van der Waals surface area contributed by atoms with Gasteiger partial charge in [-0.3, -0.25) is 4.79 Å². The molecule has 9 heteroatoms. The Kier molecular flexibility index (Phi) is 6.86. The number of carbonyl (C=O) groups excluding carboxylic acids is 1. The van der Waals surface area contributed by atoms with Crippen molar-refractivity contribution in [1.29, 1.82) is 0 Å². The van der Waals surface area contributed by atoms with Crippen LogP contribution in [0.25, 0.3) is 0 Å². The molecule has 2 aromatic rings. The Morgan fingerprint density at radius 3 is 2.31 bits per heavy atom. The quantitative estimate of drug-likeness (QED) is 0.621. The van der Waals surface area contributed by atoms with E-state index in [-0.39, 0.29) is 4.90 Å². The van der Waals surface area contributed by atoms with E-state index in [0.29, 0.717) is 18.9 Å². The monoisotopic (exact) mass is 419 g/mol. The van der Waals surface area contributed by atoms with Gasteiger partial charge in [0.1, 0.15) is 6.04 Å². The van der Waals surface area contributed by atoms with Crippen molar-refractivity contribution < 1.29 is 23.1 Å². The first-order chi connectivity index (χ1) is 13.9. The molecule has 29 heavy (non-hydrogen) atoms. The molecule has 1 aliphatic heterocycles. The van der Waals surface area contributed by atoms with Crippen molar-refractivity contribution in [2.45, 2.75) is 17.9 Å². The number of sulfonamides is 1. The summed E-state index contributed by atoms with van der Waals surface area (Å²) in [5.74, 6) is -0.637. The maximum absolute atomic E-state index is 12.5. The Morgan fingerprint density at radius 2 is 1.72 bits per heavy atom. The van der Waals surface area contributed by atoms with Crippen LogP contribution in [0, 0.1) is 6.92 Å². The molecule has 1 aliphatic rings. The van der Waals surface area contributed by atoms with E-state index in [1.165, 1.54) is 12.1 Å². The van der Waals surface area contributed by atoms with Gasteiger partial charge in [-0.1, -0.05) is 17.7 Å². The third-order valence-corrected chi connectivity index (χ3v) is 6.13. The van der Waals surface area contributed by atoms with E-state index in [2.05, 4.69) is 14.9 Å². The number of aryl methyl sites for hydroxylation is 1. The SMILES string of the molecule is Cc1ccc(S(=O)(=O)N[C@@H](CO)C(=O)Nc2ccc(N3CCOCC3)cc2)cc1. The minimum Gasteiger partial charge on any atom is -0.394 e. The molecular formula is C20H25N3O5S. The summed E-state index contributed by atoms with van der Waals surface area (Å²) in [5.41, 5.74) is 2.45. The molecular weight excluding hydrogens is 394 g/mol. The smallest absolute Gasteiger partial charge is 0.244 e. The summed E-state index contributed by atoms with van der Waals surface area (Å²) in [6.45, 7) is 4.15. The Bertz CT molecular complexity index is 924. The molecule has 3 rings (SSSR count). The number of nitrogens with one attached hydrogen (secondary N) is 2. The molecule has 8 nitrogen and oxygen atoms in total. The van der Waals surface area contributed by atoms with E-state index in [9.17, 15) is 18.3 Å². The Labute approximate surface area is 170 Å². The first-order valence-corrected chi connectivity index (χ1v) is 10.8. The molecule has 1 atom stereocenters. The predicted octanol–water partition coefficient (Wildman–Crippen LogP) is 1.11. The van der Waals surface area contributed by atoms with Crippen LogP contribution in [0.5, 0.6) is 0 Å². The van der Waals surface area contributed by atoms with Gasteiger partial charge in [-0.15, -0.1) is 0 Å². The number of carbonyl (C=O) groups is 1. The van der Waals surface area contributed by atoms with Crippen molar-refractivity contribution in [2.24, 2.45) is 0 Å². The molecule has 1 saturated heterocycles. The highest BCUT2D eigenvalue weighted by Gasteiger charge is 2.25. The number of nitrogens with zero attached hydrogens (tertiary/aromatic N) is 1. The molecule has 156 valence electrons. The van der Waals surface area contributed by atoms with Crippen molar-refractivity contribution in [1.82, 2.24) is 4.72 Å². The van der Waals surface area contributed by atoms with Gasteiger partial charge in [0.2, 0.25) is 15.9 Å². The highest BCUT2D eigenvalue weighted by molar-refractivity contribution is 7.89. The van der Waals surface area contributed by atoms with Gasteiger partial charge in [0.25, 0.3) is 0 Å². The second-order valence-electron chi connectivity index (χ2n) is 6.81. The molecule has 0 radical (unpaired) electrons. The van der Waals surface area contributed by atoms with Crippen LogP contribution >= 0.6 is 0 Å². The zero-order valence-corrected chi connectivity index (χ0v) is 17.0. The number of benzene rings is 2. The predicted molar refractivity (Wildman–Crippen MR) is 110 cm³/mol. The van der Waals surface area contributed by atoms with Crippen LogP contribution in [0.4, 0.5) is 11.4 Å². The molecule has 1 fully saturated rings. The average Bonchev–Trinajstić information content (AvgIpc) is 2.73. The van der Waals surface area contributed by atoms with Crippen LogP contribution < -0.4 is 14.9 Å². The fraction of sp³-hybridized carbons (Fsp3) is 0.350. The first kappa shape index (κ1) is 21.3. The number of anilines is 2. The number of morpholine rings is 1. The van der Waals surface area contributed by atoms with Crippen molar-refractivity contribution >= 4 is 27.3 Å². The number of aliphatic hydroxyl groups is 1. The van der Waals surface area contributed by atoms with Gasteiger partial charge in [0.05, 0.1) is 24.7 Å². The maximum atomic E-state index is 12.5. The van der Waals surface area contributed by atoms with E-state index < -0.39 is 28.6 Å². The summed E-state index contributed by atoms with van der Waals surface area (Å²) >= 11 is 0. The largest absolute Gasteiger partial charge is 0.394 e. The summed E-state index contributed by atoms with van der Waals surface area (Å²) in [7, 11) is -3.94. The lowest BCUT2D eigenvalue weighted by Gasteiger charge is -2.29. The molecule has 2 aromatic carbocycles. The average molecular weight is 420 g/mol. The van der Waals surface area contributed by atoms with E-state index >= 15 is 0 Å². The molecule has 0 spiro atoms. The van der Waals surface area contributed by atoms with Gasteiger partial charge in [-0.2, -0.15) is 4.72 Å². The third-order valence-electron chi connectivity index (χ3n) is 4.64. The fourth-order valence-electron chi connectivity index (χ4n) is 2.95. The number of hydrogen-bond acceptors (Lipinski definition) is 6. The minimum atomic E-state index is -3.94. The summed E-state index contributed by atoms with van der Waals surface area (Å²) in [6, 6.07) is 12.2. The number of ether oxygens (including phenoxy) is 1. The highest BCUT2D eigenvalue weighted by Crippen LogP contribution is 2.19. The molecule has 1 heterocycles. The Balaban J connectivity index is 1.64. The van der Waals surface area contributed by atoms with Crippen molar-refractivity contribution in [3.63, 3.8) is 0 Å². The molecule has 0 unspecified atom stereocenters. The third kappa shape index (κ3) is 5.54. The van der Waals surface area contributed by atoms with E-state index in [1.54, 1.807) is 24.3 Å². The zero-order chi connectivity index (χ0) is 20.9. The second-order valence-corrected chi connectivity index (χ2v) is 8.52. The van der Waals surface area contributed by atoms with Gasteiger partial charge in [0.15, 0.2) is 0 Å². The summed E-state index contributed by atoms with van der Waals surface area (Å²) < 4.78 is 32.5. The zero-order valence-electron chi connectivity index (χ0n) is 16.2. The van der Waals surface area contributed by atoms with Gasteiger partial charge < -0.3 is 20.1 Å². The summed E-state index contributed by atoms with van der Waals surface area (Å²) in [5, 5.41) is 12.2. The van der Waals surface area contributed by atoms with Crippen LogP contribution in [-0.2, 0) is 19.6 Å². The fourth-order valence-corrected chi connectivity index (χ4v) is 4.14. The molecule has 3 N–H and O–H groups in total. The molecule has 0 saturated carbocycles. The van der Waals surface area contributed by atoms with Gasteiger partial charge >= 0.3 is 0 Å². The number of hydrogen-bond donors (Lipinski definition) is 3. The second kappa shape index (κ2) is 9.36. The van der Waals surface area contributed by atoms with E-state index in [4.69, 9.17) is 4.74 Å². The Hall–Kier alpha value is -2.46. The molecule has 1 amide bonds. The van der Waals surface area contributed by atoms with Gasteiger partial charge in [-0.05, 0) is 43.3 Å². The van der Waals surface area contributed by atoms with Crippen LogP contribution in [-0.4, -0.2) is 58.4 Å². The van der Waals surface area contributed by atoms with Crippen molar-refractivity contribution in [3.8, 4) is 0 Å². The van der Waals surface area contributed by atoms with Crippen molar-refractivity contribution in [3.05, 3.63) is 54.1 Å². The lowest BCUT2D eigenvalue weighted by atomic mass is 10.2. The first-order valence-electron chi connectivity index (χ1n) is 9.32. The van der Waals surface area contributed by atoms with Gasteiger partial charge in [-0.25, -0.2) is 8.42 Å². The van der Waals surface area contributed by atoms with Crippen LogP contribution in [0.1, 0.15) is 5.56 Å². The topological polar surface area (TPSA) is 108 Å². The summed E-state index contributed by atoms with van der Waals surface area (Å²) in [4.78, 5) is 14.7. The lowest BCUT2D eigenvalue weighted by molar-refractivity contribution is -0.118. The lowest BCUT2D eigenvalue weighted by Crippen LogP contribution is -2.46. The van der Waals surface area contributed by atoms with Crippen molar-refractivity contribution in [2.75, 3.05) is 43.1 Å². The summed E-state index contributed by atoms with van der Waals surface area (Å²) in [6.07, 6.45) is 0. The number of amides is 1. The normalized spacial score (nSPS) is 15.7. The van der Waals surface area contributed by atoms with Gasteiger partial charge in [0, 0.05) is 24.5 Å². The van der Waals surface area contributed by atoms with Crippen LogP contribution in [0.15, 0.2) is 53.4 Å². The molecule has 0 aliphatic carbocycles.